The van der Waals surface area contributed by atoms with Crippen LogP contribution in [0.2, 0.25) is 0 Å². The Bertz CT molecular complexity index is 1120. The zero-order valence-corrected chi connectivity index (χ0v) is 16.5. The molecule has 0 spiro atoms. The molecule has 138 valence electrons. The minimum absolute atomic E-state index is 0.0591. The molecule has 2 aromatic carbocycles. The second-order valence-corrected chi connectivity index (χ2v) is 9.42. The van der Waals surface area contributed by atoms with E-state index in [1.807, 2.05) is 12.1 Å². The Morgan fingerprint density at radius 1 is 1.07 bits per heavy atom. The van der Waals surface area contributed by atoms with Gasteiger partial charge in [-0.25, -0.2) is 17.7 Å². The second kappa shape index (κ2) is 6.58. The van der Waals surface area contributed by atoms with Crippen LogP contribution in [0.15, 0.2) is 58.8 Å². The van der Waals surface area contributed by atoms with Gasteiger partial charge in [0.1, 0.15) is 9.90 Å². The third-order valence-corrected chi connectivity index (χ3v) is 7.32. The van der Waals surface area contributed by atoms with Crippen molar-refractivity contribution in [3.8, 4) is 10.6 Å². The van der Waals surface area contributed by atoms with Gasteiger partial charge in [-0.05, 0) is 23.6 Å². The van der Waals surface area contributed by atoms with Crippen molar-refractivity contribution in [3.63, 3.8) is 0 Å². The Morgan fingerprint density at radius 3 is 2.44 bits per heavy atom. The molecule has 2 heterocycles. The first kappa shape index (κ1) is 17.9. The Balaban J connectivity index is 1.59. The van der Waals surface area contributed by atoms with E-state index in [1.165, 1.54) is 29.0 Å². The van der Waals surface area contributed by atoms with Gasteiger partial charge in [0, 0.05) is 10.9 Å². The third kappa shape index (κ3) is 3.07. The number of rotatable bonds is 4. The summed E-state index contributed by atoms with van der Waals surface area (Å²) in [6, 6.07) is 14.5. The molecule has 0 fully saturated rings. The number of benzene rings is 2. The van der Waals surface area contributed by atoms with Crippen molar-refractivity contribution in [1.82, 2.24) is 9.29 Å². The van der Waals surface area contributed by atoms with Gasteiger partial charge in [0.2, 0.25) is 0 Å². The molecule has 0 saturated heterocycles. The first-order valence-corrected chi connectivity index (χ1v) is 10.9. The van der Waals surface area contributed by atoms with Crippen molar-refractivity contribution in [2.45, 2.75) is 31.2 Å². The van der Waals surface area contributed by atoms with Gasteiger partial charge in [-0.15, -0.1) is 11.3 Å². The highest BCUT2D eigenvalue weighted by Crippen LogP contribution is 2.32. The van der Waals surface area contributed by atoms with Gasteiger partial charge in [0.05, 0.1) is 17.8 Å². The van der Waals surface area contributed by atoms with E-state index in [2.05, 4.69) is 31.0 Å². The maximum absolute atomic E-state index is 12.7. The Morgan fingerprint density at radius 2 is 1.78 bits per heavy atom. The van der Waals surface area contributed by atoms with Gasteiger partial charge < -0.3 is 0 Å². The number of hydrogen-bond donors (Lipinski definition) is 0. The third-order valence-electron chi connectivity index (χ3n) is 4.59. The van der Waals surface area contributed by atoms with E-state index in [0.717, 1.165) is 14.9 Å². The van der Waals surface area contributed by atoms with E-state index in [0.29, 0.717) is 11.6 Å². The summed E-state index contributed by atoms with van der Waals surface area (Å²) in [4.78, 5) is 17.1. The van der Waals surface area contributed by atoms with E-state index >= 15 is 0 Å². The normalized spacial score (nSPS) is 15.4. The minimum Gasteiger partial charge on any atom is -0.268 e. The molecular weight excluding hydrogens is 380 g/mol. The standard InChI is InChI=1S/C20H18N2O3S2/c1-13(2)14-7-9-15(10-8-14)19-21-16(12-26-19)11-22-20(23)17-5-3-4-6-18(17)27(22,24)25/h3-10,12-13H,11H2,1-2H3. The highest BCUT2D eigenvalue weighted by molar-refractivity contribution is 7.90. The largest absolute Gasteiger partial charge is 0.269 e. The van der Waals surface area contributed by atoms with Crippen LogP contribution in [0.5, 0.6) is 0 Å². The van der Waals surface area contributed by atoms with Crippen molar-refractivity contribution >= 4 is 27.3 Å². The molecule has 0 bridgehead atoms. The summed E-state index contributed by atoms with van der Waals surface area (Å²) in [5.74, 6) is -0.0413. The van der Waals surface area contributed by atoms with E-state index in [9.17, 15) is 13.2 Å². The van der Waals surface area contributed by atoms with Gasteiger partial charge >= 0.3 is 0 Å². The van der Waals surface area contributed by atoms with Crippen LogP contribution in [0.1, 0.15) is 41.4 Å². The smallest absolute Gasteiger partial charge is 0.268 e. The first-order chi connectivity index (χ1) is 12.9. The molecule has 1 aromatic heterocycles. The lowest BCUT2D eigenvalue weighted by Crippen LogP contribution is -2.29. The molecule has 0 radical (unpaired) electrons. The highest BCUT2D eigenvalue weighted by Gasteiger charge is 2.41. The van der Waals surface area contributed by atoms with Gasteiger partial charge in [-0.2, -0.15) is 0 Å². The number of fused-ring (bicyclic) bond motifs is 1. The molecule has 5 nitrogen and oxygen atoms in total. The van der Waals surface area contributed by atoms with Crippen molar-refractivity contribution in [3.05, 3.63) is 70.7 Å². The topological polar surface area (TPSA) is 67.3 Å². The van der Waals surface area contributed by atoms with E-state index in [4.69, 9.17) is 0 Å². The fourth-order valence-corrected chi connectivity index (χ4v) is 5.41. The Kier molecular flexibility index (Phi) is 4.36. The maximum Gasteiger partial charge on any atom is 0.269 e. The lowest BCUT2D eigenvalue weighted by Gasteiger charge is -2.13. The number of carbonyl (C=O) groups is 1. The van der Waals surface area contributed by atoms with Crippen LogP contribution in [0.4, 0.5) is 0 Å². The van der Waals surface area contributed by atoms with Crippen molar-refractivity contribution in [2.75, 3.05) is 0 Å². The van der Waals surface area contributed by atoms with Crippen molar-refractivity contribution in [2.24, 2.45) is 0 Å². The summed E-state index contributed by atoms with van der Waals surface area (Å²) >= 11 is 1.44. The fraction of sp³-hybridized carbons (Fsp3) is 0.200. The van der Waals surface area contributed by atoms with E-state index in [-0.39, 0.29) is 17.0 Å². The molecule has 1 aliphatic rings. The Hall–Kier alpha value is -2.51. The minimum atomic E-state index is -3.82. The predicted octanol–water partition coefficient (Wildman–Crippen LogP) is 4.28. The van der Waals surface area contributed by atoms with Crippen LogP contribution < -0.4 is 0 Å². The summed E-state index contributed by atoms with van der Waals surface area (Å²) in [6.07, 6.45) is 0. The van der Waals surface area contributed by atoms with E-state index in [1.54, 1.807) is 17.5 Å². The van der Waals surface area contributed by atoms with Crippen LogP contribution in [0.25, 0.3) is 10.6 Å². The molecule has 0 N–H and O–H groups in total. The highest BCUT2D eigenvalue weighted by atomic mass is 32.2. The van der Waals surface area contributed by atoms with Crippen LogP contribution in [0.3, 0.4) is 0 Å². The molecule has 1 aliphatic heterocycles. The molecule has 0 aliphatic carbocycles. The Labute approximate surface area is 162 Å². The first-order valence-electron chi connectivity index (χ1n) is 8.59. The average Bonchev–Trinajstić information content (AvgIpc) is 3.20. The van der Waals surface area contributed by atoms with Crippen LogP contribution in [-0.4, -0.2) is 23.6 Å². The van der Waals surface area contributed by atoms with Gasteiger partial charge in [-0.1, -0.05) is 50.2 Å². The molecule has 27 heavy (non-hydrogen) atoms. The number of amides is 1. The monoisotopic (exact) mass is 398 g/mol. The zero-order chi connectivity index (χ0) is 19.2. The summed E-state index contributed by atoms with van der Waals surface area (Å²) in [7, 11) is -3.82. The lowest BCUT2D eigenvalue weighted by atomic mass is 10.0. The number of thiazole rings is 1. The zero-order valence-electron chi connectivity index (χ0n) is 14.9. The maximum atomic E-state index is 12.7. The van der Waals surface area contributed by atoms with Crippen LogP contribution in [-0.2, 0) is 16.6 Å². The summed E-state index contributed by atoms with van der Waals surface area (Å²) in [6.45, 7) is 4.22. The molecule has 7 heteroatoms. The van der Waals surface area contributed by atoms with Gasteiger partial charge in [0.15, 0.2) is 0 Å². The van der Waals surface area contributed by atoms with Crippen molar-refractivity contribution < 1.29 is 13.2 Å². The molecule has 4 rings (SSSR count). The number of hydrogen-bond acceptors (Lipinski definition) is 5. The summed E-state index contributed by atoms with van der Waals surface area (Å²) in [5, 5.41) is 2.61. The fourth-order valence-electron chi connectivity index (χ4n) is 3.06. The molecular formula is C20H18N2O3S2. The van der Waals surface area contributed by atoms with Crippen LogP contribution in [0, 0.1) is 0 Å². The molecule has 3 aromatic rings. The second-order valence-electron chi connectivity index (χ2n) is 6.73. The molecule has 0 saturated carbocycles. The summed E-state index contributed by atoms with van der Waals surface area (Å²) < 4.78 is 26.2. The van der Waals surface area contributed by atoms with E-state index < -0.39 is 15.9 Å². The molecule has 0 unspecified atom stereocenters. The number of aromatic nitrogens is 1. The summed E-state index contributed by atoms with van der Waals surface area (Å²) in [5.41, 5.74) is 3.02. The predicted molar refractivity (Wildman–Crippen MR) is 105 cm³/mol. The van der Waals surface area contributed by atoms with Gasteiger partial charge in [-0.3, -0.25) is 4.79 Å². The average molecular weight is 399 g/mol. The number of nitrogens with zero attached hydrogens (tertiary/aromatic N) is 2. The molecule has 1 amide bonds. The van der Waals surface area contributed by atoms with Crippen molar-refractivity contribution in [1.29, 1.82) is 0 Å². The number of carbonyl (C=O) groups excluding carboxylic acids is 1. The quantitative estimate of drug-likeness (QED) is 0.658. The number of sulfonamides is 1. The van der Waals surface area contributed by atoms with Crippen LogP contribution >= 0.6 is 11.3 Å². The lowest BCUT2D eigenvalue weighted by molar-refractivity contribution is 0.0864. The van der Waals surface area contributed by atoms with Gasteiger partial charge in [0.25, 0.3) is 15.9 Å². The SMILES string of the molecule is CC(C)c1ccc(-c2nc(CN3C(=O)c4ccccc4S3(=O)=O)cs2)cc1. The molecule has 0 atom stereocenters.